The van der Waals surface area contributed by atoms with Gasteiger partial charge in [0.15, 0.2) is 0 Å². The molecule has 0 unspecified atom stereocenters. The quantitative estimate of drug-likeness (QED) is 0.380. The Morgan fingerprint density at radius 3 is 2.60 bits per heavy atom. The van der Waals surface area contributed by atoms with Crippen molar-refractivity contribution in [2.75, 3.05) is 6.61 Å². The van der Waals surface area contributed by atoms with Gasteiger partial charge in [0, 0.05) is 34.8 Å². The second-order valence-corrected chi connectivity index (χ2v) is 8.83. The van der Waals surface area contributed by atoms with E-state index in [-0.39, 0.29) is 17.5 Å². The van der Waals surface area contributed by atoms with Crippen LogP contribution in [0.4, 0.5) is 0 Å². The molecule has 1 aliphatic rings. The standard InChI is InChI=1S/C28H24ClN3O3/c1-3-35-21-8-6-7-19(15-21)25-16-24(31-32(25)17(2)33)27-26(18-11-13-20(29)14-12-18)22-9-4-5-10-23(22)30-28(27)34/h4-15,25H,3,16H2,1-2H3,(H,30,34)/t25-/m1/s1. The van der Waals surface area contributed by atoms with Crippen LogP contribution in [0.1, 0.15) is 37.4 Å². The molecular formula is C28H24ClN3O3. The molecule has 1 aliphatic heterocycles. The van der Waals surface area contributed by atoms with Crippen LogP contribution in [-0.4, -0.2) is 28.2 Å². The summed E-state index contributed by atoms with van der Waals surface area (Å²) in [6.07, 6.45) is 0.400. The Morgan fingerprint density at radius 1 is 1.09 bits per heavy atom. The lowest BCUT2D eigenvalue weighted by Crippen LogP contribution is -2.24. The van der Waals surface area contributed by atoms with Crippen molar-refractivity contribution in [3.05, 3.63) is 99.3 Å². The van der Waals surface area contributed by atoms with Crippen molar-refractivity contribution >= 4 is 34.1 Å². The van der Waals surface area contributed by atoms with E-state index in [9.17, 15) is 9.59 Å². The minimum Gasteiger partial charge on any atom is -0.494 e. The van der Waals surface area contributed by atoms with Gasteiger partial charge in [0.1, 0.15) is 5.75 Å². The van der Waals surface area contributed by atoms with Crippen LogP contribution in [0, 0.1) is 0 Å². The Kier molecular flexibility index (Phi) is 6.14. The number of para-hydroxylation sites is 1. The fourth-order valence-electron chi connectivity index (χ4n) is 4.62. The summed E-state index contributed by atoms with van der Waals surface area (Å²) >= 11 is 6.15. The molecule has 0 saturated heterocycles. The van der Waals surface area contributed by atoms with Crippen LogP contribution in [0.15, 0.2) is 82.7 Å². The van der Waals surface area contributed by atoms with Gasteiger partial charge in [-0.2, -0.15) is 5.10 Å². The minimum absolute atomic E-state index is 0.197. The van der Waals surface area contributed by atoms with E-state index < -0.39 is 0 Å². The third-order valence-electron chi connectivity index (χ3n) is 6.13. The molecule has 0 bridgehead atoms. The van der Waals surface area contributed by atoms with Gasteiger partial charge < -0.3 is 9.72 Å². The Morgan fingerprint density at radius 2 is 1.86 bits per heavy atom. The molecule has 176 valence electrons. The van der Waals surface area contributed by atoms with Crippen molar-refractivity contribution in [1.82, 2.24) is 9.99 Å². The summed E-state index contributed by atoms with van der Waals surface area (Å²) in [5, 5.41) is 7.64. The van der Waals surface area contributed by atoms with Crippen molar-refractivity contribution in [3.63, 3.8) is 0 Å². The third kappa shape index (κ3) is 4.33. The largest absolute Gasteiger partial charge is 0.494 e. The molecule has 0 aliphatic carbocycles. The van der Waals surface area contributed by atoms with Gasteiger partial charge in [0.05, 0.1) is 23.9 Å². The molecule has 0 fully saturated rings. The zero-order chi connectivity index (χ0) is 24.5. The summed E-state index contributed by atoms with van der Waals surface area (Å²) < 4.78 is 5.66. The highest BCUT2D eigenvalue weighted by Gasteiger charge is 2.34. The zero-order valence-corrected chi connectivity index (χ0v) is 20.2. The molecule has 1 amide bonds. The van der Waals surface area contributed by atoms with Gasteiger partial charge in [0.2, 0.25) is 5.91 Å². The summed E-state index contributed by atoms with van der Waals surface area (Å²) in [5.74, 6) is 0.532. The highest BCUT2D eigenvalue weighted by atomic mass is 35.5. The van der Waals surface area contributed by atoms with Gasteiger partial charge in [-0.05, 0) is 48.4 Å². The maximum Gasteiger partial charge on any atom is 0.258 e. The van der Waals surface area contributed by atoms with Gasteiger partial charge in [-0.3, -0.25) is 9.59 Å². The van der Waals surface area contributed by atoms with E-state index >= 15 is 0 Å². The van der Waals surface area contributed by atoms with E-state index in [1.807, 2.05) is 67.6 Å². The van der Waals surface area contributed by atoms with Crippen molar-refractivity contribution in [3.8, 4) is 16.9 Å². The Hall–Kier alpha value is -3.90. The molecule has 2 heterocycles. The summed E-state index contributed by atoms with van der Waals surface area (Å²) in [5.41, 5.74) is 4.02. The number of ether oxygens (including phenoxy) is 1. The van der Waals surface area contributed by atoms with E-state index in [4.69, 9.17) is 16.3 Å². The third-order valence-corrected chi connectivity index (χ3v) is 6.38. The number of pyridine rings is 1. The number of nitrogens with one attached hydrogen (secondary N) is 1. The highest BCUT2D eigenvalue weighted by molar-refractivity contribution is 6.30. The number of nitrogens with zero attached hydrogens (tertiary/aromatic N) is 2. The predicted molar refractivity (Wildman–Crippen MR) is 139 cm³/mol. The van der Waals surface area contributed by atoms with E-state index in [1.165, 1.54) is 11.9 Å². The van der Waals surface area contributed by atoms with E-state index in [1.54, 1.807) is 12.1 Å². The first-order valence-electron chi connectivity index (χ1n) is 11.5. The number of rotatable bonds is 5. The lowest BCUT2D eigenvalue weighted by molar-refractivity contribution is -0.130. The number of amides is 1. The number of benzene rings is 3. The summed E-state index contributed by atoms with van der Waals surface area (Å²) in [7, 11) is 0. The molecule has 1 atom stereocenters. The highest BCUT2D eigenvalue weighted by Crippen LogP contribution is 2.37. The van der Waals surface area contributed by atoms with Crippen LogP contribution < -0.4 is 10.3 Å². The van der Waals surface area contributed by atoms with Gasteiger partial charge in [-0.15, -0.1) is 0 Å². The fraction of sp³-hybridized carbons (Fsp3) is 0.179. The number of fused-ring (bicyclic) bond motifs is 1. The van der Waals surface area contributed by atoms with Crippen LogP contribution in [0.2, 0.25) is 5.02 Å². The summed E-state index contributed by atoms with van der Waals surface area (Å²) in [6, 6.07) is 22.4. The molecule has 1 aromatic heterocycles. The van der Waals surface area contributed by atoms with Gasteiger partial charge >= 0.3 is 0 Å². The van der Waals surface area contributed by atoms with Crippen molar-refractivity contribution in [2.24, 2.45) is 5.10 Å². The van der Waals surface area contributed by atoms with Crippen LogP contribution in [0.3, 0.4) is 0 Å². The second kappa shape index (κ2) is 9.39. The number of carbonyl (C=O) groups is 1. The van der Waals surface area contributed by atoms with Crippen LogP contribution in [0.25, 0.3) is 22.0 Å². The zero-order valence-electron chi connectivity index (χ0n) is 19.4. The molecule has 1 N–H and O–H groups in total. The first-order chi connectivity index (χ1) is 17.0. The topological polar surface area (TPSA) is 74.8 Å². The number of halogens is 1. The van der Waals surface area contributed by atoms with Crippen LogP contribution in [0.5, 0.6) is 5.75 Å². The second-order valence-electron chi connectivity index (χ2n) is 8.39. The summed E-state index contributed by atoms with van der Waals surface area (Å²) in [4.78, 5) is 29.0. The van der Waals surface area contributed by atoms with E-state index in [0.717, 1.165) is 33.3 Å². The van der Waals surface area contributed by atoms with Crippen LogP contribution in [-0.2, 0) is 4.79 Å². The lowest BCUT2D eigenvalue weighted by Gasteiger charge is -2.21. The Balaban J connectivity index is 1.68. The van der Waals surface area contributed by atoms with Gasteiger partial charge in [-0.25, -0.2) is 5.01 Å². The normalized spacial score (nSPS) is 15.3. The molecule has 3 aromatic carbocycles. The number of aromatic amines is 1. The van der Waals surface area contributed by atoms with Gasteiger partial charge in [-0.1, -0.05) is 54.1 Å². The van der Waals surface area contributed by atoms with Gasteiger partial charge in [0.25, 0.3) is 5.56 Å². The number of hydrazone groups is 1. The monoisotopic (exact) mass is 485 g/mol. The summed E-state index contributed by atoms with van der Waals surface area (Å²) in [6.45, 7) is 3.95. The maximum atomic E-state index is 13.5. The molecule has 7 heteroatoms. The number of aromatic nitrogens is 1. The molecule has 0 spiro atoms. The fourth-order valence-corrected chi connectivity index (χ4v) is 4.75. The number of hydrogen-bond acceptors (Lipinski definition) is 4. The van der Waals surface area contributed by atoms with Crippen molar-refractivity contribution in [1.29, 1.82) is 0 Å². The first kappa shape index (κ1) is 22.9. The molecule has 6 nitrogen and oxygen atoms in total. The lowest BCUT2D eigenvalue weighted by atomic mass is 9.91. The Bertz CT molecular complexity index is 1510. The minimum atomic E-state index is -0.341. The van der Waals surface area contributed by atoms with E-state index in [0.29, 0.717) is 29.3 Å². The molecule has 0 radical (unpaired) electrons. The SMILES string of the molecule is CCOc1cccc([C@H]2CC(c3c(-c4ccc(Cl)cc4)c4ccccc4[nH]c3=O)=NN2C(C)=O)c1. The number of hydrogen-bond donors (Lipinski definition) is 1. The average molecular weight is 486 g/mol. The number of carbonyl (C=O) groups excluding carboxylic acids is 1. The molecule has 35 heavy (non-hydrogen) atoms. The van der Waals surface area contributed by atoms with Crippen molar-refractivity contribution < 1.29 is 9.53 Å². The first-order valence-corrected chi connectivity index (χ1v) is 11.9. The number of H-pyrrole nitrogens is 1. The van der Waals surface area contributed by atoms with Crippen molar-refractivity contribution in [2.45, 2.75) is 26.3 Å². The molecule has 5 rings (SSSR count). The Labute approximate surface area is 207 Å². The molecular weight excluding hydrogens is 462 g/mol. The van der Waals surface area contributed by atoms with E-state index in [2.05, 4.69) is 10.1 Å². The average Bonchev–Trinajstić information content (AvgIpc) is 3.30. The predicted octanol–water partition coefficient (Wildman–Crippen LogP) is 5.94. The molecule has 4 aromatic rings. The molecule has 0 saturated carbocycles. The smallest absolute Gasteiger partial charge is 0.258 e. The maximum absolute atomic E-state index is 13.5. The van der Waals surface area contributed by atoms with Crippen LogP contribution >= 0.6 is 11.6 Å².